The molecule has 114 valence electrons. The minimum Gasteiger partial charge on any atom is -0.396 e. The van der Waals surface area contributed by atoms with E-state index in [0.717, 1.165) is 25.0 Å². The Morgan fingerprint density at radius 1 is 1.38 bits per heavy atom. The molecule has 1 atom stereocenters. The standard InChI is InChI=1S/C13H15Cl3N4O/c1-6-3-2-4-7(5-6)19-20-13(21)11-8(14)10(17)9(15)12(16)18-11/h6H,2-5H2,1H3,(H2,17,18)(H,20,21)/p+1/b19-7-/t6-/m1/s1. The Labute approximate surface area is 137 Å². The van der Waals surface area contributed by atoms with Crippen LogP contribution in [0.1, 0.15) is 43.1 Å². The number of aromatic amines is 1. The van der Waals surface area contributed by atoms with Crippen molar-refractivity contribution in [1.82, 2.24) is 5.43 Å². The van der Waals surface area contributed by atoms with Crippen LogP contribution in [0, 0.1) is 5.92 Å². The van der Waals surface area contributed by atoms with Crippen LogP contribution >= 0.6 is 34.8 Å². The summed E-state index contributed by atoms with van der Waals surface area (Å²) in [7, 11) is 0. The third kappa shape index (κ3) is 3.78. The topological polar surface area (TPSA) is 81.6 Å². The van der Waals surface area contributed by atoms with E-state index in [1.165, 1.54) is 6.42 Å². The summed E-state index contributed by atoms with van der Waals surface area (Å²) in [6, 6.07) is 0. The summed E-state index contributed by atoms with van der Waals surface area (Å²) in [6.07, 6.45) is 4.06. The van der Waals surface area contributed by atoms with Crippen LogP contribution < -0.4 is 16.1 Å². The SMILES string of the molecule is C[C@@H]1CCC/C(=N/NC(=O)c2[nH+]c(Cl)c(Cl)c(N)c2Cl)C1. The van der Waals surface area contributed by atoms with Gasteiger partial charge in [-0.15, -0.1) is 0 Å². The van der Waals surface area contributed by atoms with Gasteiger partial charge in [-0.05, 0) is 43.2 Å². The van der Waals surface area contributed by atoms with Crippen LogP contribution in [0.4, 0.5) is 5.69 Å². The zero-order valence-electron chi connectivity index (χ0n) is 11.5. The van der Waals surface area contributed by atoms with Gasteiger partial charge in [0, 0.05) is 5.71 Å². The van der Waals surface area contributed by atoms with E-state index < -0.39 is 5.91 Å². The Morgan fingerprint density at radius 2 is 2.10 bits per heavy atom. The number of halogens is 3. The van der Waals surface area contributed by atoms with E-state index in [2.05, 4.69) is 22.4 Å². The largest absolute Gasteiger partial charge is 0.396 e. The Hall–Kier alpha value is -1.04. The predicted octanol–water partition coefficient (Wildman–Crippen LogP) is 3.34. The number of amides is 1. The lowest BCUT2D eigenvalue weighted by atomic mass is 9.89. The summed E-state index contributed by atoms with van der Waals surface area (Å²) in [4.78, 5) is 14.7. The molecule has 0 radical (unpaired) electrons. The van der Waals surface area contributed by atoms with Gasteiger partial charge < -0.3 is 5.73 Å². The zero-order chi connectivity index (χ0) is 15.6. The number of hydrogen-bond donors (Lipinski definition) is 2. The first kappa shape index (κ1) is 16.3. The summed E-state index contributed by atoms with van der Waals surface area (Å²) in [5, 5.41) is 4.33. The number of rotatable bonds is 2. The second kappa shape index (κ2) is 6.81. The highest BCUT2D eigenvalue weighted by atomic mass is 35.5. The quantitative estimate of drug-likeness (QED) is 0.633. The number of pyridine rings is 1. The number of nitrogen functional groups attached to an aromatic ring is 1. The molecule has 2 rings (SSSR count). The summed E-state index contributed by atoms with van der Waals surface area (Å²) >= 11 is 17.7. The fourth-order valence-corrected chi connectivity index (χ4v) is 2.89. The monoisotopic (exact) mass is 349 g/mol. The van der Waals surface area contributed by atoms with Gasteiger partial charge in [-0.25, -0.2) is 5.43 Å². The van der Waals surface area contributed by atoms with Gasteiger partial charge in [-0.2, -0.15) is 10.1 Å². The molecule has 0 spiro atoms. The Morgan fingerprint density at radius 3 is 2.76 bits per heavy atom. The number of aromatic nitrogens is 1. The molecule has 0 unspecified atom stereocenters. The highest BCUT2D eigenvalue weighted by molar-refractivity contribution is 6.45. The number of nitrogens with two attached hydrogens (primary N) is 1. The second-order valence-corrected chi connectivity index (χ2v) is 6.31. The van der Waals surface area contributed by atoms with Crippen LogP contribution in [0.25, 0.3) is 0 Å². The van der Waals surface area contributed by atoms with Crippen molar-refractivity contribution in [1.29, 1.82) is 0 Å². The van der Waals surface area contributed by atoms with Gasteiger partial charge in [0.1, 0.15) is 10.0 Å². The first-order chi connectivity index (χ1) is 9.90. The highest BCUT2D eigenvalue weighted by Crippen LogP contribution is 2.32. The minimum atomic E-state index is -0.504. The highest BCUT2D eigenvalue weighted by Gasteiger charge is 2.26. The Bertz CT molecular complexity index is 604. The van der Waals surface area contributed by atoms with Crippen molar-refractivity contribution >= 4 is 52.1 Å². The normalized spacial score (nSPS) is 20.6. The third-order valence-corrected chi connectivity index (χ3v) is 4.57. The Kier molecular flexibility index (Phi) is 5.30. The number of carbonyl (C=O) groups is 1. The summed E-state index contributed by atoms with van der Waals surface area (Å²) in [5.74, 6) is 0.0844. The molecule has 21 heavy (non-hydrogen) atoms. The van der Waals surface area contributed by atoms with Crippen molar-refractivity contribution < 1.29 is 9.78 Å². The van der Waals surface area contributed by atoms with Gasteiger partial charge in [-0.1, -0.05) is 30.1 Å². The van der Waals surface area contributed by atoms with Crippen LogP contribution in [-0.2, 0) is 0 Å². The van der Waals surface area contributed by atoms with E-state index >= 15 is 0 Å². The molecule has 1 aliphatic rings. The molecule has 1 heterocycles. The molecule has 5 nitrogen and oxygen atoms in total. The fourth-order valence-electron chi connectivity index (χ4n) is 2.27. The molecule has 0 aromatic carbocycles. The van der Waals surface area contributed by atoms with E-state index in [0.29, 0.717) is 5.92 Å². The summed E-state index contributed by atoms with van der Waals surface area (Å²) in [5.41, 5.74) is 9.25. The van der Waals surface area contributed by atoms with Gasteiger partial charge in [0.2, 0.25) is 0 Å². The third-order valence-electron chi connectivity index (χ3n) is 3.41. The molecule has 1 aromatic rings. The maximum absolute atomic E-state index is 12.1. The molecule has 4 N–H and O–H groups in total. The van der Waals surface area contributed by atoms with Gasteiger partial charge in [-0.3, -0.25) is 4.79 Å². The molecule has 0 saturated heterocycles. The average Bonchev–Trinajstić information content (AvgIpc) is 2.46. The number of hydrogen-bond acceptors (Lipinski definition) is 3. The van der Waals surface area contributed by atoms with E-state index in [-0.39, 0.29) is 26.6 Å². The molecule has 1 aliphatic carbocycles. The lowest BCUT2D eigenvalue weighted by Gasteiger charge is -2.18. The molecular formula is C13H16Cl3N4O+. The number of anilines is 1. The smallest absolute Gasteiger partial charge is 0.337 e. The molecule has 1 saturated carbocycles. The first-order valence-electron chi connectivity index (χ1n) is 6.61. The maximum atomic E-state index is 12.1. The summed E-state index contributed by atoms with van der Waals surface area (Å²) in [6.45, 7) is 2.17. The molecular weight excluding hydrogens is 335 g/mol. The van der Waals surface area contributed by atoms with Crippen LogP contribution in [0.5, 0.6) is 0 Å². The number of hydrazone groups is 1. The van der Waals surface area contributed by atoms with E-state index in [1.807, 2.05) is 0 Å². The number of H-pyrrole nitrogens is 1. The minimum absolute atomic E-state index is 0.0270. The van der Waals surface area contributed by atoms with Gasteiger partial charge in [0.15, 0.2) is 0 Å². The number of nitrogens with zero attached hydrogens (tertiary/aromatic N) is 1. The number of carbonyl (C=O) groups excluding carboxylic acids is 1. The molecule has 1 amide bonds. The second-order valence-electron chi connectivity index (χ2n) is 5.18. The van der Waals surface area contributed by atoms with E-state index in [1.54, 1.807) is 0 Å². The summed E-state index contributed by atoms with van der Waals surface area (Å²) < 4.78 is 0. The number of nitrogens with one attached hydrogen (secondary N) is 2. The van der Waals surface area contributed by atoms with Crippen LogP contribution in [-0.4, -0.2) is 11.6 Å². The van der Waals surface area contributed by atoms with Crippen molar-refractivity contribution in [2.45, 2.75) is 32.6 Å². The van der Waals surface area contributed by atoms with Gasteiger partial charge in [0.05, 0.1) is 5.69 Å². The van der Waals surface area contributed by atoms with Gasteiger partial charge >= 0.3 is 5.91 Å². The molecule has 1 fully saturated rings. The fraction of sp³-hybridized carbons (Fsp3) is 0.462. The van der Waals surface area contributed by atoms with Crippen LogP contribution in [0.15, 0.2) is 5.10 Å². The Balaban J connectivity index is 2.16. The van der Waals surface area contributed by atoms with Crippen molar-refractivity contribution in [3.8, 4) is 0 Å². The molecule has 1 aromatic heterocycles. The van der Waals surface area contributed by atoms with Crippen LogP contribution in [0.2, 0.25) is 15.2 Å². The molecule has 0 bridgehead atoms. The van der Waals surface area contributed by atoms with Gasteiger partial charge in [0.25, 0.3) is 10.8 Å². The first-order valence-corrected chi connectivity index (χ1v) is 7.74. The van der Waals surface area contributed by atoms with Crippen LogP contribution in [0.3, 0.4) is 0 Å². The van der Waals surface area contributed by atoms with E-state index in [9.17, 15) is 4.79 Å². The van der Waals surface area contributed by atoms with Crippen molar-refractivity contribution in [2.24, 2.45) is 11.0 Å². The average molecular weight is 351 g/mol. The lowest BCUT2D eigenvalue weighted by Crippen LogP contribution is -2.29. The van der Waals surface area contributed by atoms with Crippen molar-refractivity contribution in [3.05, 3.63) is 20.9 Å². The maximum Gasteiger partial charge on any atom is 0.337 e. The predicted molar refractivity (Wildman–Crippen MR) is 85.0 cm³/mol. The molecule has 0 aliphatic heterocycles. The molecule has 8 heteroatoms. The van der Waals surface area contributed by atoms with E-state index in [4.69, 9.17) is 40.5 Å². The van der Waals surface area contributed by atoms with Crippen molar-refractivity contribution in [2.75, 3.05) is 5.73 Å². The van der Waals surface area contributed by atoms with Crippen molar-refractivity contribution in [3.63, 3.8) is 0 Å². The lowest BCUT2D eigenvalue weighted by molar-refractivity contribution is -0.379. The zero-order valence-corrected chi connectivity index (χ0v) is 13.7.